The van der Waals surface area contributed by atoms with Gasteiger partial charge in [0.15, 0.2) is 0 Å². The topological polar surface area (TPSA) is 32.3 Å². The average Bonchev–Trinajstić information content (AvgIpc) is 2.05. The van der Waals surface area contributed by atoms with Crippen molar-refractivity contribution in [3.05, 3.63) is 35.9 Å². The Hall–Kier alpha value is -0.860. The van der Waals surface area contributed by atoms with Crippen molar-refractivity contribution in [1.29, 1.82) is 0 Å². The molecule has 0 heterocycles. The fourth-order valence-corrected chi connectivity index (χ4v) is 0.802. The first-order valence-corrected chi connectivity index (χ1v) is 3.25. The van der Waals surface area contributed by atoms with Crippen molar-refractivity contribution in [2.75, 3.05) is 7.05 Å². The van der Waals surface area contributed by atoms with Gasteiger partial charge in [-0.25, -0.2) is 0 Å². The van der Waals surface area contributed by atoms with Gasteiger partial charge < -0.3 is 5.11 Å². The summed E-state index contributed by atoms with van der Waals surface area (Å²) in [4.78, 5) is 0. The van der Waals surface area contributed by atoms with Crippen LogP contribution in [0.5, 0.6) is 0 Å². The number of hydrogen-bond acceptors (Lipinski definition) is 2. The van der Waals surface area contributed by atoms with E-state index in [9.17, 15) is 5.11 Å². The molecule has 0 aliphatic rings. The zero-order valence-corrected chi connectivity index (χ0v) is 5.91. The van der Waals surface area contributed by atoms with Crippen LogP contribution in [0.25, 0.3) is 0 Å². The molecule has 1 aromatic rings. The Morgan fingerprint density at radius 1 is 1.30 bits per heavy atom. The highest BCUT2D eigenvalue weighted by Gasteiger charge is 1.99. The molecule has 54 valence electrons. The maximum absolute atomic E-state index is 9.22. The molecule has 0 saturated carbocycles. The van der Waals surface area contributed by atoms with Crippen molar-refractivity contribution in [3.63, 3.8) is 0 Å². The summed E-state index contributed by atoms with van der Waals surface area (Å²) in [5.74, 6) is 0. The van der Waals surface area contributed by atoms with Crippen molar-refractivity contribution in [3.8, 4) is 0 Å². The van der Waals surface area contributed by atoms with Gasteiger partial charge in [0.1, 0.15) is 6.23 Å². The van der Waals surface area contributed by atoms with Gasteiger partial charge in [0.05, 0.1) is 0 Å². The third-order valence-electron chi connectivity index (χ3n) is 1.39. The molecule has 1 aromatic carbocycles. The molecule has 2 N–H and O–H groups in total. The van der Waals surface area contributed by atoms with E-state index in [1.165, 1.54) is 0 Å². The van der Waals surface area contributed by atoms with Crippen LogP contribution in [-0.4, -0.2) is 12.2 Å². The number of rotatable bonds is 2. The molecule has 0 aliphatic heterocycles. The van der Waals surface area contributed by atoms with E-state index in [0.29, 0.717) is 0 Å². The maximum atomic E-state index is 9.22. The number of hydrogen-bond donors (Lipinski definition) is 2. The molecule has 0 aliphatic carbocycles. The minimum atomic E-state index is -0.541. The summed E-state index contributed by atoms with van der Waals surface area (Å²) >= 11 is 0. The fourth-order valence-electron chi connectivity index (χ4n) is 0.802. The summed E-state index contributed by atoms with van der Waals surface area (Å²) in [6, 6.07) is 9.47. The Bertz CT molecular complexity index is 186. The van der Waals surface area contributed by atoms with Gasteiger partial charge in [-0.3, -0.25) is 5.32 Å². The predicted octanol–water partition coefficient (Wildman–Crippen LogP) is 0.897. The molecule has 2 nitrogen and oxygen atoms in total. The summed E-state index contributed by atoms with van der Waals surface area (Å²) in [6.45, 7) is 0. The van der Waals surface area contributed by atoms with Crippen molar-refractivity contribution >= 4 is 0 Å². The van der Waals surface area contributed by atoms with Crippen LogP contribution in [0.1, 0.15) is 11.8 Å². The van der Waals surface area contributed by atoms with Crippen molar-refractivity contribution < 1.29 is 5.11 Å². The van der Waals surface area contributed by atoms with Crippen LogP contribution < -0.4 is 5.32 Å². The van der Waals surface area contributed by atoms with E-state index < -0.39 is 6.23 Å². The molecule has 1 rings (SSSR count). The average molecular weight is 137 g/mol. The molecule has 10 heavy (non-hydrogen) atoms. The predicted molar refractivity (Wildman–Crippen MR) is 40.5 cm³/mol. The van der Waals surface area contributed by atoms with E-state index in [0.717, 1.165) is 5.56 Å². The quantitative estimate of drug-likeness (QED) is 0.593. The first-order valence-electron chi connectivity index (χ1n) is 3.25. The SMILES string of the molecule is CN[C@@H](O)c1ccccc1. The highest BCUT2D eigenvalue weighted by molar-refractivity contribution is 5.16. The van der Waals surface area contributed by atoms with Crippen LogP contribution in [0.2, 0.25) is 0 Å². The van der Waals surface area contributed by atoms with Crippen LogP contribution >= 0.6 is 0 Å². The summed E-state index contributed by atoms with van der Waals surface area (Å²) in [6.07, 6.45) is -0.541. The molecule has 0 amide bonds. The number of aliphatic hydroxyl groups is 1. The van der Waals surface area contributed by atoms with E-state index in [1.807, 2.05) is 30.3 Å². The number of aliphatic hydroxyl groups excluding tert-OH is 1. The molecule has 2 heteroatoms. The van der Waals surface area contributed by atoms with Gasteiger partial charge in [-0.2, -0.15) is 0 Å². The van der Waals surface area contributed by atoms with Crippen LogP contribution in [0.4, 0.5) is 0 Å². The van der Waals surface area contributed by atoms with E-state index in [4.69, 9.17) is 0 Å². The van der Waals surface area contributed by atoms with E-state index in [-0.39, 0.29) is 0 Å². The lowest BCUT2D eigenvalue weighted by molar-refractivity contribution is 0.149. The lowest BCUT2D eigenvalue weighted by Crippen LogP contribution is -2.14. The largest absolute Gasteiger partial charge is 0.374 e. The smallest absolute Gasteiger partial charge is 0.130 e. The second-order valence-corrected chi connectivity index (χ2v) is 2.10. The van der Waals surface area contributed by atoms with Gasteiger partial charge in [0.2, 0.25) is 0 Å². The maximum Gasteiger partial charge on any atom is 0.130 e. The Morgan fingerprint density at radius 2 is 1.90 bits per heavy atom. The Kier molecular flexibility index (Phi) is 2.42. The summed E-state index contributed by atoms with van der Waals surface area (Å²) in [5, 5.41) is 12.0. The van der Waals surface area contributed by atoms with Crippen LogP contribution in [-0.2, 0) is 0 Å². The molecule has 0 aromatic heterocycles. The molecule has 0 radical (unpaired) electrons. The molecule has 1 atom stereocenters. The molecular formula is C8H11NO. The molecule has 0 saturated heterocycles. The Morgan fingerprint density at radius 3 is 2.40 bits per heavy atom. The second-order valence-electron chi connectivity index (χ2n) is 2.10. The normalized spacial score (nSPS) is 13.0. The van der Waals surface area contributed by atoms with E-state index >= 15 is 0 Å². The summed E-state index contributed by atoms with van der Waals surface area (Å²) in [5.41, 5.74) is 0.894. The van der Waals surface area contributed by atoms with Crippen molar-refractivity contribution in [2.24, 2.45) is 0 Å². The third kappa shape index (κ3) is 1.56. The molecule has 0 unspecified atom stereocenters. The van der Waals surface area contributed by atoms with Gasteiger partial charge in [0, 0.05) is 0 Å². The van der Waals surface area contributed by atoms with Crippen molar-refractivity contribution in [1.82, 2.24) is 5.32 Å². The van der Waals surface area contributed by atoms with Gasteiger partial charge in [-0.15, -0.1) is 0 Å². The highest BCUT2D eigenvalue weighted by atomic mass is 16.3. The molecule has 0 spiro atoms. The fraction of sp³-hybridized carbons (Fsp3) is 0.250. The van der Waals surface area contributed by atoms with Crippen LogP contribution in [0, 0.1) is 0 Å². The van der Waals surface area contributed by atoms with Gasteiger partial charge in [0.25, 0.3) is 0 Å². The first kappa shape index (κ1) is 7.25. The van der Waals surface area contributed by atoms with Gasteiger partial charge >= 0.3 is 0 Å². The summed E-state index contributed by atoms with van der Waals surface area (Å²) in [7, 11) is 1.72. The monoisotopic (exact) mass is 137 g/mol. The Labute approximate surface area is 60.5 Å². The number of benzene rings is 1. The van der Waals surface area contributed by atoms with Gasteiger partial charge in [-0.05, 0) is 12.6 Å². The lowest BCUT2D eigenvalue weighted by atomic mass is 10.2. The van der Waals surface area contributed by atoms with Crippen LogP contribution in [0.15, 0.2) is 30.3 Å². The minimum absolute atomic E-state index is 0.541. The standard InChI is InChI=1S/C8H11NO/c1-9-8(10)7-5-3-2-4-6-7/h2-6,8-10H,1H3/t8-/m0/s1. The Balaban J connectivity index is 2.75. The third-order valence-corrected chi connectivity index (χ3v) is 1.39. The number of nitrogens with one attached hydrogen (secondary N) is 1. The minimum Gasteiger partial charge on any atom is -0.374 e. The molecule has 0 bridgehead atoms. The lowest BCUT2D eigenvalue weighted by Gasteiger charge is -2.07. The molecule has 0 fully saturated rings. The zero-order chi connectivity index (χ0) is 7.40. The van der Waals surface area contributed by atoms with E-state index in [2.05, 4.69) is 5.32 Å². The molecular weight excluding hydrogens is 126 g/mol. The highest BCUT2D eigenvalue weighted by Crippen LogP contribution is 2.06. The first-order chi connectivity index (χ1) is 4.84. The zero-order valence-electron chi connectivity index (χ0n) is 5.91. The second kappa shape index (κ2) is 3.34. The summed E-state index contributed by atoms with van der Waals surface area (Å²) < 4.78 is 0. The van der Waals surface area contributed by atoms with Crippen molar-refractivity contribution in [2.45, 2.75) is 6.23 Å². The van der Waals surface area contributed by atoms with E-state index in [1.54, 1.807) is 7.05 Å². The van der Waals surface area contributed by atoms with Crippen LogP contribution in [0.3, 0.4) is 0 Å². The van der Waals surface area contributed by atoms with Gasteiger partial charge in [-0.1, -0.05) is 30.3 Å².